The molecule has 102 valence electrons. The monoisotopic (exact) mass is 396 g/mol. The first-order valence-corrected chi connectivity index (χ1v) is 6.51. The Bertz CT molecular complexity index is 726. The van der Waals surface area contributed by atoms with E-state index in [1.54, 1.807) is 0 Å². The van der Waals surface area contributed by atoms with E-state index in [2.05, 4.69) is 53.5 Å². The molecule has 0 saturated heterocycles. The van der Waals surface area contributed by atoms with E-state index in [0.717, 1.165) is 16.4 Å². The topological polar surface area (TPSA) is 15.9 Å². The molecule has 0 fully saturated rings. The number of fused-ring (bicyclic) bond motifs is 1. The molecule has 0 aliphatic rings. The number of nitrogens with one attached hydrogen (secondary N) is 1. The van der Waals surface area contributed by atoms with Gasteiger partial charge in [0.15, 0.2) is 6.20 Å². The molecule has 1 N–H and O–H groups in total. The second-order valence-electron chi connectivity index (χ2n) is 4.53. The summed E-state index contributed by atoms with van der Waals surface area (Å²) >= 11 is 5.89. The van der Waals surface area contributed by atoms with Gasteiger partial charge in [-0.15, -0.1) is 0 Å². The Kier molecular flexibility index (Phi) is 4.83. The first-order valence-electron chi connectivity index (χ1n) is 6.13. The van der Waals surface area contributed by atoms with Crippen molar-refractivity contribution in [1.29, 1.82) is 0 Å². The van der Waals surface area contributed by atoms with Gasteiger partial charge in [-0.2, -0.15) is 4.57 Å². The molecule has 0 amide bonds. The SMILES string of the molecule is C[n+]1cc(Nc2ccc(Cl)cc2)cc2ccccc21.[I-]. The van der Waals surface area contributed by atoms with Crippen molar-refractivity contribution in [1.82, 2.24) is 0 Å². The number of pyridine rings is 1. The van der Waals surface area contributed by atoms with E-state index >= 15 is 0 Å². The normalized spacial score (nSPS) is 10.1. The van der Waals surface area contributed by atoms with Gasteiger partial charge >= 0.3 is 0 Å². The Hall–Kier alpha value is -1.33. The average Bonchev–Trinajstić information content (AvgIpc) is 2.42. The summed E-state index contributed by atoms with van der Waals surface area (Å²) in [6.07, 6.45) is 2.08. The van der Waals surface area contributed by atoms with Crippen molar-refractivity contribution in [2.24, 2.45) is 7.05 Å². The summed E-state index contributed by atoms with van der Waals surface area (Å²) in [6, 6.07) is 18.2. The van der Waals surface area contributed by atoms with E-state index in [1.165, 1.54) is 10.9 Å². The van der Waals surface area contributed by atoms with Gasteiger partial charge in [0.25, 0.3) is 0 Å². The molecule has 0 unspecified atom stereocenters. The van der Waals surface area contributed by atoms with Crippen molar-refractivity contribution < 1.29 is 28.5 Å². The molecule has 3 rings (SSSR count). The van der Waals surface area contributed by atoms with Crippen LogP contribution in [0.1, 0.15) is 0 Å². The summed E-state index contributed by atoms with van der Waals surface area (Å²) in [7, 11) is 2.05. The average molecular weight is 397 g/mol. The summed E-state index contributed by atoms with van der Waals surface area (Å²) in [5.41, 5.74) is 3.30. The predicted molar refractivity (Wildman–Crippen MR) is 79.9 cm³/mol. The molecule has 0 saturated carbocycles. The zero-order valence-corrected chi connectivity index (χ0v) is 13.9. The summed E-state index contributed by atoms with van der Waals surface area (Å²) in [6.45, 7) is 0. The van der Waals surface area contributed by atoms with Gasteiger partial charge in [-0.25, -0.2) is 0 Å². The zero-order chi connectivity index (χ0) is 13.2. The fourth-order valence-electron chi connectivity index (χ4n) is 2.18. The van der Waals surface area contributed by atoms with Crippen LogP contribution in [0.3, 0.4) is 0 Å². The van der Waals surface area contributed by atoms with Gasteiger partial charge < -0.3 is 29.3 Å². The number of benzene rings is 2. The lowest BCUT2D eigenvalue weighted by molar-refractivity contribution is -0.644. The summed E-state index contributed by atoms with van der Waals surface area (Å²) < 4.78 is 2.12. The van der Waals surface area contributed by atoms with Crippen molar-refractivity contribution in [3.63, 3.8) is 0 Å². The van der Waals surface area contributed by atoms with Gasteiger partial charge in [-0.05, 0) is 36.4 Å². The number of rotatable bonds is 2. The highest BCUT2D eigenvalue weighted by Gasteiger charge is 2.07. The molecule has 0 aliphatic heterocycles. The van der Waals surface area contributed by atoms with Crippen LogP contribution < -0.4 is 33.9 Å². The van der Waals surface area contributed by atoms with Crippen LogP contribution in [-0.4, -0.2) is 0 Å². The van der Waals surface area contributed by atoms with E-state index in [4.69, 9.17) is 11.6 Å². The van der Waals surface area contributed by atoms with Gasteiger partial charge in [-0.1, -0.05) is 23.7 Å². The Morgan fingerprint density at radius 3 is 2.40 bits per heavy atom. The maximum Gasteiger partial charge on any atom is 0.212 e. The fraction of sp³-hybridized carbons (Fsp3) is 0.0625. The van der Waals surface area contributed by atoms with Crippen molar-refractivity contribution in [3.8, 4) is 0 Å². The molecule has 20 heavy (non-hydrogen) atoms. The van der Waals surface area contributed by atoms with E-state index < -0.39 is 0 Å². The fourth-order valence-corrected chi connectivity index (χ4v) is 2.31. The van der Waals surface area contributed by atoms with Crippen molar-refractivity contribution in [3.05, 3.63) is 65.8 Å². The summed E-state index contributed by atoms with van der Waals surface area (Å²) in [4.78, 5) is 0. The van der Waals surface area contributed by atoms with Crippen LogP contribution in [0, 0.1) is 0 Å². The molecule has 0 spiro atoms. The van der Waals surface area contributed by atoms with E-state index in [1.807, 2.05) is 24.3 Å². The number of para-hydroxylation sites is 1. The van der Waals surface area contributed by atoms with Crippen LogP contribution in [0.4, 0.5) is 11.4 Å². The second-order valence-corrected chi connectivity index (χ2v) is 4.97. The van der Waals surface area contributed by atoms with E-state index in [-0.39, 0.29) is 24.0 Å². The lowest BCUT2D eigenvalue weighted by atomic mass is 10.2. The van der Waals surface area contributed by atoms with Crippen molar-refractivity contribution in [2.45, 2.75) is 0 Å². The molecule has 0 atom stereocenters. The largest absolute Gasteiger partial charge is 1.00 e. The van der Waals surface area contributed by atoms with Gasteiger partial charge in [0.1, 0.15) is 12.7 Å². The molecular weight excluding hydrogens is 383 g/mol. The summed E-state index contributed by atoms with van der Waals surface area (Å²) in [5, 5.41) is 5.34. The van der Waals surface area contributed by atoms with Crippen LogP contribution in [-0.2, 0) is 7.05 Å². The maximum atomic E-state index is 5.89. The van der Waals surface area contributed by atoms with Crippen LogP contribution in [0.2, 0.25) is 5.02 Å². The Labute approximate surface area is 140 Å². The minimum atomic E-state index is 0. The smallest absolute Gasteiger partial charge is 0.212 e. The van der Waals surface area contributed by atoms with Crippen molar-refractivity contribution >= 4 is 33.9 Å². The minimum absolute atomic E-state index is 0. The molecule has 4 heteroatoms. The van der Waals surface area contributed by atoms with Gasteiger partial charge in [0, 0.05) is 22.2 Å². The maximum absolute atomic E-state index is 5.89. The molecule has 2 nitrogen and oxygen atoms in total. The van der Waals surface area contributed by atoms with Gasteiger partial charge in [-0.3, -0.25) is 0 Å². The zero-order valence-electron chi connectivity index (χ0n) is 11.0. The lowest BCUT2D eigenvalue weighted by Crippen LogP contribution is -3.00. The highest BCUT2D eigenvalue weighted by molar-refractivity contribution is 6.30. The third-order valence-corrected chi connectivity index (χ3v) is 3.35. The third-order valence-electron chi connectivity index (χ3n) is 3.09. The molecule has 1 aromatic heterocycles. The molecular formula is C16H14ClIN2. The number of aromatic nitrogens is 1. The molecule has 2 aromatic carbocycles. The van der Waals surface area contributed by atoms with Gasteiger partial charge in [0.2, 0.25) is 5.52 Å². The number of hydrogen-bond acceptors (Lipinski definition) is 1. The molecule has 3 aromatic rings. The van der Waals surface area contributed by atoms with E-state index in [9.17, 15) is 0 Å². The third kappa shape index (κ3) is 3.22. The number of anilines is 2. The lowest BCUT2D eigenvalue weighted by Gasteiger charge is -2.06. The Morgan fingerprint density at radius 1 is 0.950 bits per heavy atom. The molecule has 1 heterocycles. The van der Waals surface area contributed by atoms with Crippen molar-refractivity contribution in [2.75, 3.05) is 5.32 Å². The van der Waals surface area contributed by atoms with Crippen LogP contribution in [0.25, 0.3) is 10.9 Å². The Balaban J connectivity index is 0.00000147. The number of halogens is 2. The quantitative estimate of drug-likeness (QED) is 0.506. The Morgan fingerprint density at radius 2 is 1.65 bits per heavy atom. The highest BCUT2D eigenvalue weighted by Crippen LogP contribution is 2.20. The first-order chi connectivity index (χ1) is 9.22. The standard InChI is InChI=1S/C16H14ClN2.HI/c1-19-11-15(10-12-4-2-3-5-16(12)19)18-14-8-6-13(17)7-9-14;/h2-11,18H,1H3;1H/q+1;/p-1. The van der Waals surface area contributed by atoms with Crippen LogP contribution in [0.15, 0.2) is 60.8 Å². The predicted octanol–water partition coefficient (Wildman–Crippen LogP) is 1.07. The van der Waals surface area contributed by atoms with E-state index in [0.29, 0.717) is 0 Å². The highest BCUT2D eigenvalue weighted by atomic mass is 127. The molecule has 0 bridgehead atoms. The second kappa shape index (κ2) is 6.41. The minimum Gasteiger partial charge on any atom is -1.00 e. The first kappa shape index (κ1) is 15.1. The molecule has 0 aliphatic carbocycles. The number of aryl methyl sites for hydroxylation is 1. The van der Waals surface area contributed by atoms with Crippen LogP contribution in [0.5, 0.6) is 0 Å². The van der Waals surface area contributed by atoms with Crippen LogP contribution >= 0.6 is 11.6 Å². The van der Waals surface area contributed by atoms with Gasteiger partial charge in [0.05, 0.1) is 0 Å². The number of nitrogens with zero attached hydrogens (tertiary/aromatic N) is 1. The summed E-state index contributed by atoms with van der Waals surface area (Å²) in [5.74, 6) is 0. The molecule has 0 radical (unpaired) electrons. The number of hydrogen-bond donors (Lipinski definition) is 1.